The Bertz CT molecular complexity index is 1150. The molecule has 0 aliphatic rings. The molecule has 204 valence electrons. The molecule has 0 saturated carbocycles. The van der Waals surface area contributed by atoms with Crippen LogP contribution in [0.15, 0.2) is 91.0 Å². The van der Waals surface area contributed by atoms with Crippen LogP contribution in [0.3, 0.4) is 0 Å². The number of esters is 2. The fraction of sp³-hybridized carbons (Fsp3) is 0.290. The molecule has 0 aliphatic carbocycles. The first-order valence-electron chi connectivity index (χ1n) is 12.9. The summed E-state index contributed by atoms with van der Waals surface area (Å²) in [6, 6.07) is 27.3. The fourth-order valence-electron chi connectivity index (χ4n) is 4.80. The maximum Gasteiger partial charge on any atom is 0.312 e. The standard InChI is InChI=1S/C31H34N2O6/c1-3-38-27(35)20-25(30(37)39-4-2)28(29(32)36)33-26(34)21-31(22-14-8-5-9-15-22,23-16-10-6-11-17-23)24-18-12-7-13-19-24/h5-19,25,28H,3-4,20-21H2,1-2H3,(H2,32,36)(H,33,34)/t25-,28+/m1/s1. The Labute approximate surface area is 228 Å². The van der Waals surface area contributed by atoms with Crippen LogP contribution in [0, 0.1) is 5.92 Å². The van der Waals surface area contributed by atoms with Crippen LogP contribution in [-0.2, 0) is 34.1 Å². The molecule has 3 N–H and O–H groups in total. The van der Waals surface area contributed by atoms with E-state index < -0.39 is 47.5 Å². The number of rotatable bonds is 13. The van der Waals surface area contributed by atoms with Gasteiger partial charge in [-0.3, -0.25) is 19.2 Å². The fourth-order valence-corrected chi connectivity index (χ4v) is 4.80. The minimum absolute atomic E-state index is 0.0245. The Balaban J connectivity index is 2.06. The Morgan fingerprint density at radius 3 is 1.56 bits per heavy atom. The van der Waals surface area contributed by atoms with Gasteiger partial charge in [0.2, 0.25) is 11.8 Å². The van der Waals surface area contributed by atoms with E-state index >= 15 is 0 Å². The summed E-state index contributed by atoms with van der Waals surface area (Å²) in [5.41, 5.74) is 7.31. The first kappa shape index (κ1) is 29.1. The minimum atomic E-state index is -1.49. The molecule has 0 spiro atoms. The van der Waals surface area contributed by atoms with E-state index in [9.17, 15) is 19.2 Å². The summed E-state index contributed by atoms with van der Waals surface area (Å²) in [5.74, 6) is -4.37. The van der Waals surface area contributed by atoms with Crippen LogP contribution < -0.4 is 11.1 Å². The van der Waals surface area contributed by atoms with E-state index in [1.54, 1.807) is 13.8 Å². The molecular formula is C31H34N2O6. The van der Waals surface area contributed by atoms with Gasteiger partial charge in [0, 0.05) is 6.42 Å². The van der Waals surface area contributed by atoms with Crippen LogP contribution in [0.2, 0.25) is 0 Å². The van der Waals surface area contributed by atoms with Gasteiger partial charge in [-0.15, -0.1) is 0 Å². The van der Waals surface area contributed by atoms with E-state index in [1.165, 1.54) is 0 Å². The lowest BCUT2D eigenvalue weighted by atomic mass is 9.67. The molecule has 8 nitrogen and oxygen atoms in total. The Kier molecular flexibility index (Phi) is 10.4. The van der Waals surface area contributed by atoms with Gasteiger partial charge in [-0.2, -0.15) is 0 Å². The highest BCUT2D eigenvalue weighted by Gasteiger charge is 2.41. The molecule has 0 heterocycles. The van der Waals surface area contributed by atoms with Crippen LogP contribution in [0.25, 0.3) is 0 Å². The van der Waals surface area contributed by atoms with Gasteiger partial charge in [-0.05, 0) is 30.5 Å². The van der Waals surface area contributed by atoms with Gasteiger partial charge >= 0.3 is 11.9 Å². The van der Waals surface area contributed by atoms with E-state index in [0.717, 1.165) is 16.7 Å². The second kappa shape index (κ2) is 13.9. The zero-order valence-electron chi connectivity index (χ0n) is 22.2. The number of hydrogen-bond acceptors (Lipinski definition) is 6. The van der Waals surface area contributed by atoms with Crippen molar-refractivity contribution >= 4 is 23.8 Å². The van der Waals surface area contributed by atoms with Crippen LogP contribution in [0.5, 0.6) is 0 Å². The summed E-state index contributed by atoms with van der Waals surface area (Å²) in [4.78, 5) is 51.4. The number of nitrogens with two attached hydrogens (primary N) is 1. The first-order valence-corrected chi connectivity index (χ1v) is 12.9. The van der Waals surface area contributed by atoms with E-state index in [0.29, 0.717) is 0 Å². The van der Waals surface area contributed by atoms with Crippen LogP contribution in [0.4, 0.5) is 0 Å². The normalized spacial score (nSPS) is 12.6. The van der Waals surface area contributed by atoms with Crippen molar-refractivity contribution in [1.29, 1.82) is 0 Å². The second-order valence-electron chi connectivity index (χ2n) is 9.00. The molecule has 3 aromatic rings. The highest BCUT2D eigenvalue weighted by Crippen LogP contribution is 2.42. The molecule has 2 atom stereocenters. The van der Waals surface area contributed by atoms with E-state index in [4.69, 9.17) is 15.2 Å². The van der Waals surface area contributed by atoms with Gasteiger partial charge in [-0.1, -0.05) is 91.0 Å². The largest absolute Gasteiger partial charge is 0.466 e. The van der Waals surface area contributed by atoms with Gasteiger partial charge < -0.3 is 20.5 Å². The molecular weight excluding hydrogens is 496 g/mol. The van der Waals surface area contributed by atoms with Gasteiger partial charge in [0.15, 0.2) is 0 Å². The molecule has 0 radical (unpaired) electrons. The molecule has 0 aliphatic heterocycles. The zero-order chi connectivity index (χ0) is 28.3. The summed E-state index contributed by atoms with van der Waals surface area (Å²) in [5, 5.41) is 2.65. The van der Waals surface area contributed by atoms with Gasteiger partial charge in [0.1, 0.15) is 6.04 Å². The van der Waals surface area contributed by atoms with E-state index in [-0.39, 0.29) is 19.6 Å². The summed E-state index contributed by atoms with van der Waals surface area (Å²) in [6.07, 6.45) is -0.578. The average molecular weight is 531 g/mol. The highest BCUT2D eigenvalue weighted by molar-refractivity contribution is 5.93. The molecule has 0 bridgehead atoms. The molecule has 0 aromatic heterocycles. The third kappa shape index (κ3) is 7.10. The maximum absolute atomic E-state index is 13.8. The SMILES string of the molecule is CCOC(=O)C[C@@H](C(=O)OCC)[C@H](NC(=O)CC(c1ccccc1)(c1ccccc1)c1ccccc1)C(N)=O. The molecule has 0 saturated heterocycles. The number of ether oxygens (including phenoxy) is 2. The molecule has 39 heavy (non-hydrogen) atoms. The van der Waals surface area contributed by atoms with Crippen molar-refractivity contribution in [2.24, 2.45) is 11.7 Å². The molecule has 0 fully saturated rings. The molecule has 3 rings (SSSR count). The lowest BCUT2D eigenvalue weighted by Crippen LogP contribution is -2.53. The molecule has 0 unspecified atom stereocenters. The average Bonchev–Trinajstić information content (AvgIpc) is 2.95. The number of amides is 2. The lowest BCUT2D eigenvalue weighted by molar-refractivity contribution is -0.157. The van der Waals surface area contributed by atoms with Crippen LogP contribution in [0.1, 0.15) is 43.4 Å². The summed E-state index contributed by atoms with van der Waals surface area (Å²) < 4.78 is 10.1. The van der Waals surface area contributed by atoms with Crippen molar-refractivity contribution in [3.8, 4) is 0 Å². The Hall–Kier alpha value is -4.46. The van der Waals surface area contributed by atoms with Crippen molar-refractivity contribution in [2.75, 3.05) is 13.2 Å². The molecule has 8 heteroatoms. The van der Waals surface area contributed by atoms with Crippen molar-refractivity contribution < 1.29 is 28.7 Å². The first-order chi connectivity index (χ1) is 18.8. The van der Waals surface area contributed by atoms with Crippen LogP contribution in [-0.4, -0.2) is 43.0 Å². The lowest BCUT2D eigenvalue weighted by Gasteiger charge is -2.36. The monoisotopic (exact) mass is 530 g/mol. The number of primary amides is 1. The van der Waals surface area contributed by atoms with Gasteiger partial charge in [0.25, 0.3) is 0 Å². The smallest absolute Gasteiger partial charge is 0.312 e. The van der Waals surface area contributed by atoms with Gasteiger partial charge in [-0.25, -0.2) is 0 Å². The third-order valence-corrected chi connectivity index (χ3v) is 6.53. The Morgan fingerprint density at radius 2 is 1.18 bits per heavy atom. The van der Waals surface area contributed by atoms with Crippen molar-refractivity contribution in [1.82, 2.24) is 5.32 Å². The quantitative estimate of drug-likeness (QED) is 0.257. The Morgan fingerprint density at radius 1 is 0.744 bits per heavy atom. The molecule has 3 aromatic carbocycles. The number of hydrogen-bond donors (Lipinski definition) is 2. The third-order valence-electron chi connectivity index (χ3n) is 6.53. The van der Waals surface area contributed by atoms with Crippen LogP contribution >= 0.6 is 0 Å². The maximum atomic E-state index is 13.8. The van der Waals surface area contributed by atoms with Crippen molar-refractivity contribution in [2.45, 2.75) is 38.1 Å². The predicted molar refractivity (Wildman–Crippen MR) is 146 cm³/mol. The van der Waals surface area contributed by atoms with E-state index in [1.807, 2.05) is 91.0 Å². The molecule has 2 amide bonds. The van der Waals surface area contributed by atoms with Crippen molar-refractivity contribution in [3.63, 3.8) is 0 Å². The van der Waals surface area contributed by atoms with E-state index in [2.05, 4.69) is 5.32 Å². The minimum Gasteiger partial charge on any atom is -0.466 e. The number of carbonyl (C=O) groups is 4. The number of nitrogens with one attached hydrogen (secondary N) is 1. The predicted octanol–water partition coefficient (Wildman–Crippen LogP) is 3.51. The highest BCUT2D eigenvalue weighted by atomic mass is 16.5. The summed E-state index contributed by atoms with van der Waals surface area (Å²) in [6.45, 7) is 3.35. The zero-order valence-corrected chi connectivity index (χ0v) is 22.2. The van der Waals surface area contributed by atoms with Crippen molar-refractivity contribution in [3.05, 3.63) is 108 Å². The second-order valence-corrected chi connectivity index (χ2v) is 9.00. The van der Waals surface area contributed by atoms with Gasteiger partial charge in [0.05, 0.1) is 31.0 Å². The number of benzene rings is 3. The topological polar surface area (TPSA) is 125 Å². The number of carbonyl (C=O) groups excluding carboxylic acids is 4. The summed E-state index contributed by atoms with van der Waals surface area (Å²) in [7, 11) is 0. The summed E-state index contributed by atoms with van der Waals surface area (Å²) >= 11 is 0.